The third kappa shape index (κ3) is 2.50. The lowest BCUT2D eigenvalue weighted by Crippen LogP contribution is -2.00. The summed E-state index contributed by atoms with van der Waals surface area (Å²) >= 11 is 1.44. The maximum atomic E-state index is 4.45. The molecule has 1 N–H and O–H groups in total. The Balaban J connectivity index is 1.90. The van der Waals surface area contributed by atoms with Crippen molar-refractivity contribution >= 4 is 23.2 Å². The first-order chi connectivity index (χ1) is 9.36. The van der Waals surface area contributed by atoms with E-state index in [0.717, 1.165) is 28.2 Å². The summed E-state index contributed by atoms with van der Waals surface area (Å²) in [5, 5.41) is 13.0. The summed E-state index contributed by atoms with van der Waals surface area (Å²) in [4.78, 5) is 8.61. The molecule has 7 heteroatoms. The Hall–Kier alpha value is -2.15. The Morgan fingerprint density at radius 3 is 3.11 bits per heavy atom. The minimum atomic E-state index is 0.765. The fourth-order valence-corrected chi connectivity index (χ4v) is 2.43. The highest BCUT2D eigenvalue weighted by Crippen LogP contribution is 2.24. The van der Waals surface area contributed by atoms with Crippen molar-refractivity contribution in [3.05, 3.63) is 36.8 Å². The van der Waals surface area contributed by atoms with E-state index in [-0.39, 0.29) is 0 Å². The highest BCUT2D eigenvalue weighted by Gasteiger charge is 2.08. The van der Waals surface area contributed by atoms with E-state index in [1.54, 1.807) is 12.4 Å². The molecule has 0 spiro atoms. The molecule has 0 unspecified atom stereocenters. The second kappa shape index (κ2) is 5.23. The number of anilines is 1. The molecule has 6 nitrogen and oxygen atoms in total. The van der Waals surface area contributed by atoms with Gasteiger partial charge in [0.1, 0.15) is 10.8 Å². The van der Waals surface area contributed by atoms with Crippen molar-refractivity contribution in [1.29, 1.82) is 0 Å². The second-order valence-electron chi connectivity index (χ2n) is 3.79. The molecule has 0 aliphatic heterocycles. The Kier molecular flexibility index (Phi) is 3.28. The molecule has 0 radical (unpaired) electrons. The van der Waals surface area contributed by atoms with Gasteiger partial charge in [0.15, 0.2) is 5.65 Å². The van der Waals surface area contributed by atoms with Crippen LogP contribution in [-0.4, -0.2) is 31.1 Å². The predicted octanol–water partition coefficient (Wildman–Crippen LogP) is 2.10. The molecule has 3 aromatic rings. The van der Waals surface area contributed by atoms with Crippen molar-refractivity contribution in [1.82, 2.24) is 24.6 Å². The van der Waals surface area contributed by atoms with Gasteiger partial charge in [-0.1, -0.05) is 6.07 Å². The molecule has 0 atom stereocenters. The summed E-state index contributed by atoms with van der Waals surface area (Å²) in [6.45, 7) is 2.84. The first kappa shape index (κ1) is 11.9. The van der Waals surface area contributed by atoms with Crippen molar-refractivity contribution in [2.24, 2.45) is 0 Å². The number of nitrogens with zero attached hydrogens (tertiary/aromatic N) is 5. The summed E-state index contributed by atoms with van der Waals surface area (Å²) in [5.74, 6) is 0.765. The zero-order valence-electron chi connectivity index (χ0n) is 10.3. The van der Waals surface area contributed by atoms with E-state index in [9.17, 15) is 0 Å². The Morgan fingerprint density at radius 1 is 1.26 bits per heavy atom. The lowest BCUT2D eigenvalue weighted by molar-refractivity contribution is 0.914. The second-order valence-corrected chi connectivity index (χ2v) is 4.77. The maximum absolute atomic E-state index is 4.45. The average Bonchev–Trinajstić information content (AvgIpc) is 2.83. The van der Waals surface area contributed by atoms with Crippen LogP contribution in [0.2, 0.25) is 0 Å². The molecule has 19 heavy (non-hydrogen) atoms. The van der Waals surface area contributed by atoms with Gasteiger partial charge in [-0.05, 0) is 30.8 Å². The summed E-state index contributed by atoms with van der Waals surface area (Å²) in [7, 11) is 0. The normalized spacial score (nSPS) is 10.8. The average molecular weight is 272 g/mol. The largest absolute Gasteiger partial charge is 0.369 e. The van der Waals surface area contributed by atoms with Crippen LogP contribution in [0, 0.1) is 0 Å². The number of rotatable bonds is 4. The van der Waals surface area contributed by atoms with Gasteiger partial charge in [0.05, 0.1) is 12.4 Å². The van der Waals surface area contributed by atoms with Gasteiger partial charge in [0.2, 0.25) is 5.16 Å². The minimum absolute atomic E-state index is 0.765. The van der Waals surface area contributed by atoms with E-state index >= 15 is 0 Å². The van der Waals surface area contributed by atoms with Gasteiger partial charge in [-0.3, -0.25) is 9.38 Å². The zero-order valence-corrected chi connectivity index (χ0v) is 11.1. The van der Waals surface area contributed by atoms with Gasteiger partial charge in [-0.2, -0.15) is 0 Å². The molecule has 0 aromatic carbocycles. The van der Waals surface area contributed by atoms with E-state index in [1.165, 1.54) is 11.8 Å². The fourth-order valence-electron chi connectivity index (χ4n) is 1.65. The van der Waals surface area contributed by atoms with Gasteiger partial charge in [-0.15, -0.1) is 10.2 Å². The monoisotopic (exact) mass is 272 g/mol. The molecular weight excluding hydrogens is 260 g/mol. The SMILES string of the molecule is CCNc1cncc(Sc2nnc3ccccn23)n1. The molecule has 0 fully saturated rings. The maximum Gasteiger partial charge on any atom is 0.201 e. The smallest absolute Gasteiger partial charge is 0.201 e. The molecule has 0 aliphatic carbocycles. The van der Waals surface area contributed by atoms with E-state index in [4.69, 9.17) is 0 Å². The van der Waals surface area contributed by atoms with Crippen LogP contribution in [0.15, 0.2) is 47.0 Å². The first-order valence-corrected chi connectivity index (χ1v) is 6.72. The Bertz CT molecular complexity index is 695. The van der Waals surface area contributed by atoms with Crippen LogP contribution in [0.5, 0.6) is 0 Å². The van der Waals surface area contributed by atoms with Crippen LogP contribution in [0.3, 0.4) is 0 Å². The summed E-state index contributed by atoms with van der Waals surface area (Å²) in [5.41, 5.74) is 0.820. The molecule has 0 amide bonds. The Morgan fingerprint density at radius 2 is 2.21 bits per heavy atom. The lowest BCUT2D eigenvalue weighted by atomic mass is 10.5. The van der Waals surface area contributed by atoms with Gasteiger partial charge >= 0.3 is 0 Å². The number of hydrogen-bond donors (Lipinski definition) is 1. The number of hydrogen-bond acceptors (Lipinski definition) is 6. The summed E-state index contributed by atoms with van der Waals surface area (Å²) in [6, 6.07) is 5.79. The van der Waals surface area contributed by atoms with Gasteiger partial charge < -0.3 is 5.32 Å². The summed E-state index contributed by atoms with van der Waals surface area (Å²) < 4.78 is 1.92. The van der Waals surface area contributed by atoms with Crippen LogP contribution in [0.25, 0.3) is 5.65 Å². The van der Waals surface area contributed by atoms with Gasteiger partial charge in [0.25, 0.3) is 0 Å². The van der Waals surface area contributed by atoms with Crippen LogP contribution in [0.4, 0.5) is 5.82 Å². The van der Waals surface area contributed by atoms with Crippen LogP contribution in [-0.2, 0) is 0 Å². The van der Waals surface area contributed by atoms with Crippen molar-refractivity contribution in [3.8, 4) is 0 Å². The standard InChI is InChI=1S/C12H12N6S/c1-2-14-9-7-13-8-11(15-9)19-12-17-16-10-5-3-4-6-18(10)12/h3-8H,2H2,1H3,(H,14,15). The highest BCUT2D eigenvalue weighted by molar-refractivity contribution is 7.99. The number of aromatic nitrogens is 5. The van der Waals surface area contributed by atoms with E-state index in [0.29, 0.717) is 0 Å². The van der Waals surface area contributed by atoms with Crippen LogP contribution < -0.4 is 5.32 Å². The molecule has 0 saturated heterocycles. The first-order valence-electron chi connectivity index (χ1n) is 5.90. The van der Waals surface area contributed by atoms with E-state index in [1.807, 2.05) is 35.7 Å². The van der Waals surface area contributed by atoms with Crippen molar-refractivity contribution in [2.75, 3.05) is 11.9 Å². The topological polar surface area (TPSA) is 68.0 Å². The van der Waals surface area contributed by atoms with E-state index < -0.39 is 0 Å². The Labute approximate surface area is 114 Å². The lowest BCUT2D eigenvalue weighted by Gasteiger charge is -2.03. The van der Waals surface area contributed by atoms with Gasteiger partial charge in [-0.25, -0.2) is 4.98 Å². The van der Waals surface area contributed by atoms with E-state index in [2.05, 4.69) is 25.5 Å². The summed E-state index contributed by atoms with van der Waals surface area (Å²) in [6.07, 6.45) is 5.35. The predicted molar refractivity (Wildman–Crippen MR) is 73.3 cm³/mol. The van der Waals surface area contributed by atoms with Crippen molar-refractivity contribution in [3.63, 3.8) is 0 Å². The number of nitrogens with one attached hydrogen (secondary N) is 1. The molecule has 3 heterocycles. The van der Waals surface area contributed by atoms with Crippen molar-refractivity contribution < 1.29 is 0 Å². The minimum Gasteiger partial charge on any atom is -0.369 e. The number of pyridine rings is 1. The van der Waals surface area contributed by atoms with Crippen molar-refractivity contribution in [2.45, 2.75) is 17.1 Å². The zero-order chi connectivity index (χ0) is 13.1. The van der Waals surface area contributed by atoms with Crippen LogP contribution >= 0.6 is 11.8 Å². The van der Waals surface area contributed by atoms with Gasteiger partial charge in [0, 0.05) is 12.7 Å². The quantitative estimate of drug-likeness (QED) is 0.784. The molecule has 3 aromatic heterocycles. The third-order valence-corrected chi connectivity index (χ3v) is 3.32. The molecule has 0 aliphatic rings. The molecular formula is C12H12N6S. The molecule has 0 bridgehead atoms. The third-order valence-electron chi connectivity index (χ3n) is 2.45. The van der Waals surface area contributed by atoms with Crippen LogP contribution in [0.1, 0.15) is 6.92 Å². The molecule has 96 valence electrons. The fraction of sp³-hybridized carbons (Fsp3) is 0.167. The molecule has 3 rings (SSSR count). The number of fused-ring (bicyclic) bond motifs is 1. The molecule has 0 saturated carbocycles. The highest BCUT2D eigenvalue weighted by atomic mass is 32.2.